The molecule has 0 aromatic rings. The quantitative estimate of drug-likeness (QED) is 0.0559. The first-order valence-corrected chi connectivity index (χ1v) is 18.7. The number of nitrogens with one attached hydrogen (secondary N) is 1. The summed E-state index contributed by atoms with van der Waals surface area (Å²) in [6.07, 6.45) is 35.5. The lowest BCUT2D eigenvalue weighted by molar-refractivity contribution is -0.150. The molecule has 1 unspecified atom stereocenters. The van der Waals surface area contributed by atoms with Gasteiger partial charge in [0, 0.05) is 12.8 Å². The van der Waals surface area contributed by atoms with E-state index in [9.17, 15) is 14.4 Å². The number of unbranched alkanes of at least 4 members (excludes halogenated alkanes) is 23. The van der Waals surface area contributed by atoms with Gasteiger partial charge in [0.25, 0.3) is 0 Å². The van der Waals surface area contributed by atoms with Gasteiger partial charge in [-0.05, 0) is 38.5 Å². The minimum absolute atomic E-state index is 0.0232. The smallest absolute Gasteiger partial charge is 0.322 e. The molecule has 0 aliphatic rings. The molecule has 0 aliphatic carbocycles. The van der Waals surface area contributed by atoms with E-state index in [-0.39, 0.29) is 24.5 Å². The number of hydrogen-bond acceptors (Lipinski definition) is 4. The summed E-state index contributed by atoms with van der Waals surface area (Å²) in [5.74, 6) is -1.31. The van der Waals surface area contributed by atoms with Crippen molar-refractivity contribution in [2.24, 2.45) is 0 Å². The number of carbonyl (C=O) groups is 3. The Morgan fingerprint density at radius 3 is 1.30 bits per heavy atom. The van der Waals surface area contributed by atoms with Gasteiger partial charge in [-0.3, -0.25) is 14.4 Å². The van der Waals surface area contributed by atoms with Crippen molar-refractivity contribution in [1.82, 2.24) is 5.32 Å². The van der Waals surface area contributed by atoms with Crippen molar-refractivity contribution in [2.75, 3.05) is 6.54 Å². The van der Waals surface area contributed by atoms with Gasteiger partial charge >= 0.3 is 11.9 Å². The average Bonchev–Trinajstić information content (AvgIpc) is 2.98. The highest BCUT2D eigenvalue weighted by molar-refractivity contribution is 5.80. The molecule has 0 fully saturated rings. The Hall–Kier alpha value is -1.59. The first kappa shape index (κ1) is 41.4. The molecular weight excluding hydrogens is 538 g/mol. The van der Waals surface area contributed by atoms with Crippen LogP contribution in [-0.4, -0.2) is 35.6 Å². The van der Waals surface area contributed by atoms with Crippen LogP contribution in [0.25, 0.3) is 0 Å². The highest BCUT2D eigenvalue weighted by Gasteiger charge is 2.14. The Balaban J connectivity index is 3.66. The summed E-state index contributed by atoms with van der Waals surface area (Å²) in [7, 11) is 0. The van der Waals surface area contributed by atoms with E-state index in [1.807, 2.05) is 0 Å². The lowest BCUT2D eigenvalue weighted by Crippen LogP contribution is -2.28. The lowest BCUT2D eigenvalue weighted by Gasteiger charge is -2.18. The third kappa shape index (κ3) is 33.1. The minimum Gasteiger partial charge on any atom is -0.480 e. The van der Waals surface area contributed by atoms with Crippen molar-refractivity contribution in [3.8, 4) is 0 Å². The van der Waals surface area contributed by atoms with Gasteiger partial charge in [0.05, 0.1) is 0 Å². The number of aliphatic carboxylic acids is 1. The van der Waals surface area contributed by atoms with Crippen molar-refractivity contribution in [1.29, 1.82) is 0 Å². The molecule has 0 aromatic heterocycles. The average molecular weight is 610 g/mol. The standard InChI is InChI=1S/C37H71NO5/c1-3-5-7-8-9-10-11-12-13-14-15-16-17-18-19-20-21-22-23-28-32-37(42)43-34(29-25-6-4-2)30-26-24-27-31-35(39)38-33-36(40)41/h34H,3-33H2,1-2H3,(H,38,39)(H,40,41). The van der Waals surface area contributed by atoms with Crippen LogP contribution in [0.2, 0.25) is 0 Å². The van der Waals surface area contributed by atoms with Crippen LogP contribution in [0.3, 0.4) is 0 Å². The van der Waals surface area contributed by atoms with E-state index in [1.165, 1.54) is 116 Å². The monoisotopic (exact) mass is 610 g/mol. The molecule has 0 rings (SSSR count). The normalized spacial score (nSPS) is 11.9. The van der Waals surface area contributed by atoms with Gasteiger partial charge in [0.1, 0.15) is 12.6 Å². The molecule has 0 saturated heterocycles. The third-order valence-corrected chi connectivity index (χ3v) is 8.53. The number of amides is 1. The minimum atomic E-state index is -1.03. The highest BCUT2D eigenvalue weighted by atomic mass is 16.5. The highest BCUT2D eigenvalue weighted by Crippen LogP contribution is 2.18. The maximum atomic E-state index is 12.5. The zero-order valence-corrected chi connectivity index (χ0v) is 28.6. The molecule has 2 N–H and O–H groups in total. The van der Waals surface area contributed by atoms with E-state index in [1.54, 1.807) is 0 Å². The Kier molecular flexibility index (Phi) is 32.1. The molecule has 0 spiro atoms. The van der Waals surface area contributed by atoms with E-state index < -0.39 is 5.97 Å². The maximum Gasteiger partial charge on any atom is 0.322 e. The van der Waals surface area contributed by atoms with Gasteiger partial charge in [-0.2, -0.15) is 0 Å². The van der Waals surface area contributed by atoms with Gasteiger partial charge in [-0.25, -0.2) is 0 Å². The Morgan fingerprint density at radius 2 is 0.860 bits per heavy atom. The number of rotatable bonds is 34. The molecule has 0 saturated carbocycles. The predicted octanol–water partition coefficient (Wildman–Crippen LogP) is 10.8. The first-order chi connectivity index (χ1) is 21.0. The molecule has 6 nitrogen and oxygen atoms in total. The van der Waals surface area contributed by atoms with Gasteiger partial charge in [-0.1, -0.05) is 155 Å². The zero-order valence-electron chi connectivity index (χ0n) is 28.6. The van der Waals surface area contributed by atoms with Crippen molar-refractivity contribution in [2.45, 2.75) is 213 Å². The second-order valence-corrected chi connectivity index (χ2v) is 12.8. The molecule has 0 radical (unpaired) electrons. The van der Waals surface area contributed by atoms with Crippen LogP contribution < -0.4 is 5.32 Å². The summed E-state index contributed by atoms with van der Waals surface area (Å²) in [5.41, 5.74) is 0. The van der Waals surface area contributed by atoms with Crippen LogP contribution in [0.5, 0.6) is 0 Å². The van der Waals surface area contributed by atoms with Crippen molar-refractivity contribution in [3.05, 3.63) is 0 Å². The molecule has 0 heterocycles. The lowest BCUT2D eigenvalue weighted by atomic mass is 10.0. The Labute approximate surface area is 266 Å². The topological polar surface area (TPSA) is 92.7 Å². The molecular formula is C37H71NO5. The number of hydrogen-bond donors (Lipinski definition) is 2. The fourth-order valence-corrected chi connectivity index (χ4v) is 5.75. The summed E-state index contributed by atoms with van der Waals surface area (Å²) >= 11 is 0. The van der Waals surface area contributed by atoms with Crippen molar-refractivity contribution < 1.29 is 24.2 Å². The Bertz CT molecular complexity index is 638. The first-order valence-electron chi connectivity index (χ1n) is 18.7. The van der Waals surface area contributed by atoms with Crippen LogP contribution in [-0.2, 0) is 19.1 Å². The van der Waals surface area contributed by atoms with Crippen molar-refractivity contribution >= 4 is 17.8 Å². The third-order valence-electron chi connectivity index (χ3n) is 8.53. The maximum absolute atomic E-state index is 12.5. The van der Waals surface area contributed by atoms with Crippen LogP contribution in [0.15, 0.2) is 0 Å². The molecule has 1 amide bonds. The van der Waals surface area contributed by atoms with Gasteiger partial charge in [-0.15, -0.1) is 0 Å². The molecule has 0 aromatic carbocycles. The van der Waals surface area contributed by atoms with Gasteiger partial charge in [0.15, 0.2) is 0 Å². The molecule has 43 heavy (non-hydrogen) atoms. The summed E-state index contributed by atoms with van der Waals surface area (Å²) in [5, 5.41) is 11.0. The van der Waals surface area contributed by atoms with E-state index in [0.717, 1.165) is 64.2 Å². The van der Waals surface area contributed by atoms with Gasteiger partial charge < -0.3 is 15.2 Å². The fraction of sp³-hybridized carbons (Fsp3) is 0.919. The van der Waals surface area contributed by atoms with E-state index in [2.05, 4.69) is 19.2 Å². The number of ether oxygens (including phenoxy) is 1. The summed E-state index contributed by atoms with van der Waals surface area (Å²) in [6.45, 7) is 4.14. The second-order valence-electron chi connectivity index (χ2n) is 12.8. The zero-order chi connectivity index (χ0) is 31.6. The van der Waals surface area contributed by atoms with E-state index >= 15 is 0 Å². The number of carbonyl (C=O) groups excluding carboxylic acids is 2. The largest absolute Gasteiger partial charge is 0.480 e. The fourth-order valence-electron chi connectivity index (χ4n) is 5.75. The molecule has 6 heteroatoms. The molecule has 0 aliphatic heterocycles. The SMILES string of the molecule is CCCCCCCCCCCCCCCCCCCCCCC(=O)OC(CCCCC)CCCCCC(=O)NCC(=O)O. The molecule has 254 valence electrons. The van der Waals surface area contributed by atoms with Crippen LogP contribution in [0, 0.1) is 0 Å². The van der Waals surface area contributed by atoms with Gasteiger partial charge in [0.2, 0.25) is 5.91 Å². The summed E-state index contributed by atoms with van der Waals surface area (Å²) in [4.78, 5) is 34.6. The second kappa shape index (κ2) is 33.3. The number of carboxylic acids is 1. The Morgan fingerprint density at radius 1 is 0.512 bits per heavy atom. The predicted molar refractivity (Wildman–Crippen MR) is 180 cm³/mol. The van der Waals surface area contributed by atoms with Crippen LogP contribution >= 0.6 is 0 Å². The number of esters is 1. The summed E-state index contributed by atoms with van der Waals surface area (Å²) in [6, 6.07) is 0. The van der Waals surface area contributed by atoms with Crippen LogP contribution in [0.1, 0.15) is 206 Å². The van der Waals surface area contributed by atoms with E-state index in [4.69, 9.17) is 9.84 Å². The van der Waals surface area contributed by atoms with E-state index in [0.29, 0.717) is 12.8 Å². The van der Waals surface area contributed by atoms with Crippen LogP contribution in [0.4, 0.5) is 0 Å². The van der Waals surface area contributed by atoms with Crippen molar-refractivity contribution in [3.63, 3.8) is 0 Å². The molecule has 0 bridgehead atoms. The number of carboxylic acid groups (broad SMARTS) is 1. The summed E-state index contributed by atoms with van der Waals surface area (Å²) < 4.78 is 5.85. The molecule has 1 atom stereocenters.